The Hall–Kier alpha value is -4.06. The second kappa shape index (κ2) is 12.2. The lowest BCUT2D eigenvalue weighted by Gasteiger charge is -2.26. The van der Waals surface area contributed by atoms with E-state index in [1.165, 1.54) is 55.6 Å². The summed E-state index contributed by atoms with van der Waals surface area (Å²) < 4.78 is 62.0. The predicted octanol–water partition coefficient (Wildman–Crippen LogP) is 5.60. The van der Waals surface area contributed by atoms with Gasteiger partial charge >= 0.3 is 0 Å². The summed E-state index contributed by atoms with van der Waals surface area (Å²) in [5, 5.41) is 2.88. The molecule has 214 valence electrons. The molecule has 1 amide bonds. The molecule has 0 saturated heterocycles. The number of ether oxygens (including phenoxy) is 1. The van der Waals surface area contributed by atoms with Crippen LogP contribution in [0.4, 0.5) is 17.1 Å². The summed E-state index contributed by atoms with van der Waals surface area (Å²) in [5.74, 6) is -0.469. The van der Waals surface area contributed by atoms with Crippen LogP contribution in [-0.2, 0) is 24.8 Å². The molecule has 4 aromatic carbocycles. The van der Waals surface area contributed by atoms with E-state index in [-0.39, 0.29) is 31.9 Å². The van der Waals surface area contributed by atoms with Crippen molar-refractivity contribution in [1.29, 1.82) is 0 Å². The van der Waals surface area contributed by atoms with E-state index in [4.69, 9.17) is 16.3 Å². The number of benzene rings is 4. The Morgan fingerprint density at radius 3 is 2.20 bits per heavy atom. The summed E-state index contributed by atoms with van der Waals surface area (Å²) in [5.41, 5.74) is 2.51. The lowest BCUT2D eigenvalue weighted by atomic mass is 10.1. The Kier molecular flexibility index (Phi) is 8.91. The number of sulfonamides is 2. The Morgan fingerprint density at radius 2 is 1.54 bits per heavy atom. The molecule has 41 heavy (non-hydrogen) atoms. The van der Waals surface area contributed by atoms with Crippen molar-refractivity contribution in [1.82, 2.24) is 0 Å². The SMILES string of the molecule is COc1ccc(Cl)cc1N(CC(=O)Nc1ccc(S(=O)(=O)Nc2cc(C)ccc2C)cc1)S(=O)(=O)c1ccccc1. The van der Waals surface area contributed by atoms with Gasteiger partial charge in [-0.2, -0.15) is 0 Å². The van der Waals surface area contributed by atoms with Gasteiger partial charge in [0.2, 0.25) is 5.91 Å². The summed E-state index contributed by atoms with van der Waals surface area (Å²) in [4.78, 5) is 13.1. The quantitative estimate of drug-likeness (QED) is 0.240. The van der Waals surface area contributed by atoms with E-state index in [1.54, 1.807) is 37.3 Å². The molecule has 12 heteroatoms. The Bertz CT molecular complexity index is 1780. The lowest BCUT2D eigenvalue weighted by Crippen LogP contribution is -2.38. The van der Waals surface area contributed by atoms with Crippen molar-refractivity contribution in [2.75, 3.05) is 28.0 Å². The van der Waals surface area contributed by atoms with Crippen LogP contribution in [0.15, 0.2) is 101 Å². The molecule has 4 aromatic rings. The highest BCUT2D eigenvalue weighted by molar-refractivity contribution is 7.93. The van der Waals surface area contributed by atoms with Gasteiger partial charge in [-0.05, 0) is 85.6 Å². The molecule has 0 aromatic heterocycles. The standard InChI is InChI=1S/C29H28ClN3O6S2/c1-20-9-10-21(2)26(17-20)32-40(35,36)24-14-12-23(13-15-24)31-29(34)19-33(27-18-22(30)11-16-28(27)39-3)41(37,38)25-7-5-4-6-8-25/h4-18,32H,19H2,1-3H3,(H,31,34). The number of carbonyl (C=O) groups is 1. The monoisotopic (exact) mass is 613 g/mol. The normalized spacial score (nSPS) is 11.5. The lowest BCUT2D eigenvalue weighted by molar-refractivity contribution is -0.114. The molecule has 4 rings (SSSR count). The number of methoxy groups -OCH3 is 1. The highest BCUT2D eigenvalue weighted by Crippen LogP contribution is 2.35. The maximum Gasteiger partial charge on any atom is 0.264 e. The zero-order valence-electron chi connectivity index (χ0n) is 22.5. The predicted molar refractivity (Wildman–Crippen MR) is 161 cm³/mol. The fraction of sp³-hybridized carbons (Fsp3) is 0.138. The van der Waals surface area contributed by atoms with Gasteiger partial charge in [0.05, 0.1) is 28.3 Å². The van der Waals surface area contributed by atoms with Crippen LogP contribution in [-0.4, -0.2) is 36.4 Å². The van der Waals surface area contributed by atoms with Crippen molar-refractivity contribution in [3.63, 3.8) is 0 Å². The minimum atomic E-state index is -4.21. The van der Waals surface area contributed by atoms with Gasteiger partial charge in [0.25, 0.3) is 20.0 Å². The first-order chi connectivity index (χ1) is 19.4. The van der Waals surface area contributed by atoms with Gasteiger partial charge in [0.15, 0.2) is 0 Å². The first kappa shape index (κ1) is 29.9. The van der Waals surface area contributed by atoms with E-state index in [2.05, 4.69) is 10.0 Å². The number of nitrogens with zero attached hydrogens (tertiary/aromatic N) is 1. The minimum Gasteiger partial charge on any atom is -0.495 e. The molecular weight excluding hydrogens is 586 g/mol. The first-order valence-electron chi connectivity index (χ1n) is 12.3. The van der Waals surface area contributed by atoms with Crippen LogP contribution >= 0.6 is 11.6 Å². The number of anilines is 3. The van der Waals surface area contributed by atoms with E-state index in [1.807, 2.05) is 19.1 Å². The van der Waals surface area contributed by atoms with Crippen LogP contribution in [0.2, 0.25) is 5.02 Å². The molecule has 9 nitrogen and oxygen atoms in total. The molecule has 0 aliphatic heterocycles. The fourth-order valence-electron chi connectivity index (χ4n) is 3.98. The summed E-state index contributed by atoms with van der Waals surface area (Å²) in [6.07, 6.45) is 0. The molecule has 0 unspecified atom stereocenters. The van der Waals surface area contributed by atoms with E-state index in [0.29, 0.717) is 5.69 Å². The van der Waals surface area contributed by atoms with Gasteiger partial charge in [-0.25, -0.2) is 16.8 Å². The Balaban J connectivity index is 1.57. The van der Waals surface area contributed by atoms with Gasteiger partial charge < -0.3 is 10.1 Å². The fourth-order valence-corrected chi connectivity index (χ4v) is 6.71. The van der Waals surface area contributed by atoms with Gasteiger partial charge in [-0.1, -0.05) is 41.9 Å². The summed E-state index contributed by atoms with van der Waals surface area (Å²) in [7, 11) is -6.72. The van der Waals surface area contributed by atoms with Crippen molar-refractivity contribution >= 4 is 54.6 Å². The second-order valence-corrected chi connectivity index (χ2v) is 13.1. The first-order valence-corrected chi connectivity index (χ1v) is 15.6. The molecule has 0 spiro atoms. The maximum absolute atomic E-state index is 13.6. The number of hydrogen-bond acceptors (Lipinski definition) is 6. The van der Waals surface area contributed by atoms with Crippen LogP contribution in [0.25, 0.3) is 0 Å². The van der Waals surface area contributed by atoms with E-state index in [0.717, 1.165) is 15.4 Å². The number of nitrogens with one attached hydrogen (secondary N) is 2. The van der Waals surface area contributed by atoms with Crippen LogP contribution < -0.4 is 19.1 Å². The van der Waals surface area contributed by atoms with Crippen molar-refractivity contribution in [2.24, 2.45) is 0 Å². The van der Waals surface area contributed by atoms with Crippen LogP contribution in [0, 0.1) is 13.8 Å². The number of halogens is 1. The van der Waals surface area contributed by atoms with Crippen LogP contribution in [0.3, 0.4) is 0 Å². The third-order valence-corrected chi connectivity index (χ3v) is 9.50. The number of carbonyl (C=O) groups excluding carboxylic acids is 1. The number of rotatable bonds is 10. The zero-order chi connectivity index (χ0) is 29.8. The van der Waals surface area contributed by atoms with E-state index in [9.17, 15) is 21.6 Å². The molecule has 2 N–H and O–H groups in total. The van der Waals surface area contributed by atoms with E-state index >= 15 is 0 Å². The number of hydrogen-bond donors (Lipinski definition) is 2. The molecule has 0 fully saturated rings. The second-order valence-electron chi connectivity index (χ2n) is 9.14. The number of aryl methyl sites for hydroxylation is 2. The average molecular weight is 614 g/mol. The molecule has 0 bridgehead atoms. The van der Waals surface area contributed by atoms with Gasteiger partial charge in [0, 0.05) is 10.7 Å². The van der Waals surface area contributed by atoms with Gasteiger partial charge in [0.1, 0.15) is 12.3 Å². The summed E-state index contributed by atoms with van der Waals surface area (Å²) >= 11 is 6.17. The maximum atomic E-state index is 13.6. The van der Waals surface area contributed by atoms with Crippen molar-refractivity contribution in [3.8, 4) is 5.75 Å². The molecular formula is C29H28ClN3O6S2. The molecule has 0 aliphatic carbocycles. The summed E-state index contributed by atoms with van der Waals surface area (Å²) in [6, 6.07) is 23.1. The average Bonchev–Trinajstić information content (AvgIpc) is 2.94. The zero-order valence-corrected chi connectivity index (χ0v) is 24.8. The number of amides is 1. The molecule has 0 heterocycles. The summed E-state index contributed by atoms with van der Waals surface area (Å²) in [6.45, 7) is 3.06. The molecule has 0 atom stereocenters. The van der Waals surface area contributed by atoms with Gasteiger partial charge in [-0.15, -0.1) is 0 Å². The smallest absolute Gasteiger partial charge is 0.264 e. The third kappa shape index (κ3) is 6.99. The van der Waals surface area contributed by atoms with E-state index < -0.39 is 32.5 Å². The van der Waals surface area contributed by atoms with Gasteiger partial charge in [-0.3, -0.25) is 13.8 Å². The Labute approximate surface area is 244 Å². The molecule has 0 aliphatic rings. The Morgan fingerprint density at radius 1 is 0.854 bits per heavy atom. The highest BCUT2D eigenvalue weighted by atomic mass is 35.5. The van der Waals surface area contributed by atoms with Crippen LogP contribution in [0.1, 0.15) is 11.1 Å². The largest absolute Gasteiger partial charge is 0.495 e. The topological polar surface area (TPSA) is 122 Å². The van der Waals surface area contributed by atoms with Crippen molar-refractivity contribution in [3.05, 3.63) is 107 Å². The van der Waals surface area contributed by atoms with Crippen molar-refractivity contribution in [2.45, 2.75) is 23.6 Å². The molecule has 0 saturated carbocycles. The van der Waals surface area contributed by atoms with Crippen LogP contribution in [0.5, 0.6) is 5.75 Å². The van der Waals surface area contributed by atoms with Crippen molar-refractivity contribution < 1.29 is 26.4 Å². The highest BCUT2D eigenvalue weighted by Gasteiger charge is 2.30. The minimum absolute atomic E-state index is 0.00616. The third-order valence-electron chi connectivity index (χ3n) is 6.11. The molecule has 0 radical (unpaired) electrons.